The number of ether oxygens (including phenoxy) is 8. The van der Waals surface area contributed by atoms with Gasteiger partial charge in [0, 0.05) is 23.3 Å². The third-order valence-corrected chi connectivity index (χ3v) is 9.77. The first-order valence-corrected chi connectivity index (χ1v) is 21.7. The SMILES string of the molecule is C=CC(=O)OCCCCCCCCOc1cnc(-c2ccc(C(=O)O[C@@H]3OCCO[C@H]3OC(=O)c3ccc(-c4ncc(OCCCCCCCCOC(=O)C=C)cn4)cc3)cc2)nc1. The summed E-state index contributed by atoms with van der Waals surface area (Å²) >= 11 is 0. The fourth-order valence-electron chi connectivity index (χ4n) is 6.27. The summed E-state index contributed by atoms with van der Waals surface area (Å²) in [7, 11) is 0. The number of unbranched alkanes of at least 4 members (excludes halogenated alkanes) is 10. The highest BCUT2D eigenvalue weighted by Crippen LogP contribution is 2.23. The topological polar surface area (TPSA) is 194 Å². The van der Waals surface area contributed by atoms with Gasteiger partial charge >= 0.3 is 23.9 Å². The molecule has 2 aromatic carbocycles. The summed E-state index contributed by atoms with van der Waals surface area (Å²) in [5.74, 6) is -0.126. The minimum atomic E-state index is -1.29. The molecule has 0 bridgehead atoms. The van der Waals surface area contributed by atoms with Crippen LogP contribution in [0, 0.1) is 0 Å². The van der Waals surface area contributed by atoms with Gasteiger partial charge in [-0.3, -0.25) is 0 Å². The molecular weight excluding hydrogens is 825 g/mol. The van der Waals surface area contributed by atoms with E-state index in [0.29, 0.717) is 60.7 Å². The highest BCUT2D eigenvalue weighted by atomic mass is 16.8. The number of aromatic nitrogens is 4. The summed E-state index contributed by atoms with van der Waals surface area (Å²) in [4.78, 5) is 65.9. The molecule has 0 unspecified atom stereocenters. The number of benzene rings is 2. The first kappa shape index (κ1) is 48.5. The van der Waals surface area contributed by atoms with Crippen LogP contribution in [0.5, 0.6) is 11.5 Å². The molecule has 64 heavy (non-hydrogen) atoms. The lowest BCUT2D eigenvalue weighted by atomic mass is 10.1. The van der Waals surface area contributed by atoms with E-state index in [1.165, 1.54) is 12.2 Å². The Labute approximate surface area is 373 Å². The number of hydrogen-bond donors (Lipinski definition) is 0. The lowest BCUT2D eigenvalue weighted by molar-refractivity contribution is -0.288. The Morgan fingerprint density at radius 2 is 0.828 bits per heavy atom. The first-order chi connectivity index (χ1) is 31.3. The van der Waals surface area contributed by atoms with Crippen LogP contribution in [-0.4, -0.2) is 96.0 Å². The van der Waals surface area contributed by atoms with E-state index in [9.17, 15) is 19.2 Å². The van der Waals surface area contributed by atoms with Crippen molar-refractivity contribution in [1.82, 2.24) is 19.9 Å². The smallest absolute Gasteiger partial charge is 0.340 e. The second-order valence-electron chi connectivity index (χ2n) is 14.6. The predicted molar refractivity (Wildman–Crippen MR) is 234 cm³/mol. The van der Waals surface area contributed by atoms with Gasteiger partial charge in [0.15, 0.2) is 23.1 Å². The Morgan fingerprint density at radius 1 is 0.500 bits per heavy atom. The van der Waals surface area contributed by atoms with Crippen molar-refractivity contribution >= 4 is 23.9 Å². The Kier molecular flexibility index (Phi) is 20.9. The monoisotopic (exact) mass is 880 g/mol. The van der Waals surface area contributed by atoms with Crippen LogP contribution in [0.3, 0.4) is 0 Å². The molecule has 0 amide bonds. The van der Waals surface area contributed by atoms with Crippen molar-refractivity contribution in [2.45, 2.75) is 89.6 Å². The number of esters is 4. The van der Waals surface area contributed by atoms with Crippen molar-refractivity contribution < 1.29 is 57.1 Å². The molecule has 1 saturated heterocycles. The Balaban J connectivity index is 0.987. The van der Waals surface area contributed by atoms with Crippen molar-refractivity contribution in [1.29, 1.82) is 0 Å². The average molecular weight is 881 g/mol. The van der Waals surface area contributed by atoms with E-state index >= 15 is 0 Å². The Morgan fingerprint density at radius 3 is 1.17 bits per heavy atom. The summed E-state index contributed by atoms with van der Waals surface area (Å²) in [6.07, 6.45) is 18.0. The van der Waals surface area contributed by atoms with E-state index in [1.54, 1.807) is 73.3 Å². The van der Waals surface area contributed by atoms with E-state index in [1.807, 2.05) is 0 Å². The van der Waals surface area contributed by atoms with Gasteiger partial charge in [-0.25, -0.2) is 39.1 Å². The van der Waals surface area contributed by atoms with Crippen molar-refractivity contribution in [3.05, 3.63) is 110 Å². The van der Waals surface area contributed by atoms with Crippen LogP contribution in [-0.2, 0) is 38.0 Å². The largest absolute Gasteiger partial charge is 0.490 e. The normalized spacial score (nSPS) is 14.4. The van der Waals surface area contributed by atoms with Crippen LogP contribution in [0.1, 0.15) is 97.8 Å². The van der Waals surface area contributed by atoms with E-state index < -0.39 is 24.5 Å². The fraction of sp³-hybridized carbons (Fsp3) is 0.417. The minimum Gasteiger partial charge on any atom is -0.490 e. The number of rotatable bonds is 28. The summed E-state index contributed by atoms with van der Waals surface area (Å²) in [5.41, 5.74) is 1.84. The van der Waals surface area contributed by atoms with Gasteiger partial charge in [0.1, 0.15) is 0 Å². The van der Waals surface area contributed by atoms with Gasteiger partial charge in [0.25, 0.3) is 12.6 Å². The second-order valence-corrected chi connectivity index (χ2v) is 14.6. The van der Waals surface area contributed by atoms with Crippen LogP contribution >= 0.6 is 0 Å². The highest BCUT2D eigenvalue weighted by molar-refractivity contribution is 5.91. The molecule has 5 rings (SSSR count). The lowest BCUT2D eigenvalue weighted by Gasteiger charge is -2.30. The second kappa shape index (κ2) is 27.5. The minimum absolute atomic E-state index is 0.137. The molecule has 0 radical (unpaired) electrons. The number of carbonyl (C=O) groups is 4. The van der Waals surface area contributed by atoms with E-state index in [0.717, 1.165) is 77.0 Å². The molecular formula is C48H56N4O12. The molecule has 2 atom stereocenters. The zero-order chi connectivity index (χ0) is 45.2. The van der Waals surface area contributed by atoms with Gasteiger partial charge in [0.2, 0.25) is 0 Å². The molecule has 3 heterocycles. The molecule has 4 aromatic rings. The summed E-state index contributed by atoms with van der Waals surface area (Å²) < 4.78 is 43.9. The predicted octanol–water partition coefficient (Wildman–Crippen LogP) is 8.21. The summed E-state index contributed by atoms with van der Waals surface area (Å²) in [6, 6.07) is 13.1. The van der Waals surface area contributed by atoms with Gasteiger partial charge in [-0.2, -0.15) is 0 Å². The zero-order valence-corrected chi connectivity index (χ0v) is 36.1. The van der Waals surface area contributed by atoms with Crippen LogP contribution in [0.4, 0.5) is 0 Å². The molecule has 16 heteroatoms. The lowest BCUT2D eigenvalue weighted by Crippen LogP contribution is -2.44. The molecule has 0 aliphatic carbocycles. The van der Waals surface area contributed by atoms with E-state index in [2.05, 4.69) is 33.1 Å². The van der Waals surface area contributed by atoms with Crippen molar-refractivity contribution in [2.24, 2.45) is 0 Å². The molecule has 1 aliphatic rings. The van der Waals surface area contributed by atoms with Crippen LogP contribution in [0.2, 0.25) is 0 Å². The van der Waals surface area contributed by atoms with Gasteiger partial charge in [-0.15, -0.1) is 0 Å². The van der Waals surface area contributed by atoms with Gasteiger partial charge in [0.05, 0.1) is 75.6 Å². The van der Waals surface area contributed by atoms with E-state index in [-0.39, 0.29) is 36.3 Å². The highest BCUT2D eigenvalue weighted by Gasteiger charge is 2.34. The number of carbonyl (C=O) groups excluding carboxylic acids is 4. The maximum absolute atomic E-state index is 13.1. The third kappa shape index (κ3) is 17.0. The average Bonchev–Trinajstić information content (AvgIpc) is 3.33. The van der Waals surface area contributed by atoms with Gasteiger partial charge < -0.3 is 37.9 Å². The first-order valence-electron chi connectivity index (χ1n) is 21.7. The summed E-state index contributed by atoms with van der Waals surface area (Å²) in [5, 5.41) is 0. The Hall–Kier alpha value is -6.52. The zero-order valence-electron chi connectivity index (χ0n) is 36.1. The Bertz CT molecular complexity index is 1910. The standard InChI is InChI=1S/C48H56N4O12/c1-3-41(53)59-27-15-11-7-5-9-13-25-57-39-31-49-43(50-32-39)35-17-21-37(22-18-35)45(55)63-47-48(62-30-29-61-47)64-46(56)38-23-19-36(20-24-38)44-51-33-40(34-52-44)58-26-14-10-6-8-12-16-28-60-42(54)4-2/h3-4,17-24,31-34,47-48H,1-2,5-16,25-30H2/t47-,48-/m0/s1. The maximum atomic E-state index is 13.1. The van der Waals surface area contributed by atoms with Gasteiger partial charge in [-0.1, -0.05) is 88.8 Å². The quantitative estimate of drug-likeness (QED) is 0.0229. The van der Waals surface area contributed by atoms with E-state index in [4.69, 9.17) is 37.9 Å². The molecule has 2 aromatic heterocycles. The molecule has 0 N–H and O–H groups in total. The molecule has 0 saturated carbocycles. The van der Waals surface area contributed by atoms with Crippen molar-refractivity contribution in [3.63, 3.8) is 0 Å². The van der Waals surface area contributed by atoms with Crippen molar-refractivity contribution in [3.8, 4) is 34.3 Å². The molecule has 1 fully saturated rings. The maximum Gasteiger partial charge on any atom is 0.340 e. The van der Waals surface area contributed by atoms with Crippen LogP contribution in [0.25, 0.3) is 22.8 Å². The number of nitrogens with zero attached hydrogens (tertiary/aromatic N) is 4. The molecule has 1 aliphatic heterocycles. The molecule has 16 nitrogen and oxygen atoms in total. The molecule has 340 valence electrons. The summed E-state index contributed by atoms with van der Waals surface area (Å²) in [6.45, 7) is 8.97. The van der Waals surface area contributed by atoms with Crippen molar-refractivity contribution in [2.75, 3.05) is 39.6 Å². The van der Waals surface area contributed by atoms with Gasteiger partial charge in [-0.05, 0) is 49.9 Å². The van der Waals surface area contributed by atoms with Crippen LogP contribution < -0.4 is 9.47 Å². The number of hydrogen-bond acceptors (Lipinski definition) is 16. The third-order valence-electron chi connectivity index (χ3n) is 9.77. The fourth-order valence-corrected chi connectivity index (χ4v) is 6.27. The molecule has 0 spiro atoms. The van der Waals surface area contributed by atoms with Crippen LogP contribution in [0.15, 0.2) is 98.6 Å².